The number of pyridine rings is 1. The number of fused-ring (bicyclic) bond motifs is 2. The predicted octanol–water partition coefficient (Wildman–Crippen LogP) is 3.78. The lowest BCUT2D eigenvalue weighted by molar-refractivity contribution is -0.275. The predicted molar refractivity (Wildman–Crippen MR) is 101 cm³/mol. The van der Waals surface area contributed by atoms with E-state index in [0.717, 1.165) is 37.5 Å². The van der Waals surface area contributed by atoms with E-state index in [1.54, 1.807) is 27.5 Å². The maximum Gasteiger partial charge on any atom is 0.169 e. The second-order valence-corrected chi connectivity index (χ2v) is 7.62. The zero-order chi connectivity index (χ0) is 18.4. The Morgan fingerprint density at radius 1 is 1.12 bits per heavy atom. The lowest BCUT2D eigenvalue weighted by Crippen LogP contribution is -2.58. The van der Waals surface area contributed by atoms with E-state index in [2.05, 4.69) is 22.0 Å². The van der Waals surface area contributed by atoms with E-state index >= 15 is 0 Å². The van der Waals surface area contributed by atoms with E-state index in [0.29, 0.717) is 5.02 Å². The van der Waals surface area contributed by atoms with Crippen LogP contribution in [0.5, 0.6) is 5.75 Å². The van der Waals surface area contributed by atoms with Gasteiger partial charge >= 0.3 is 0 Å². The van der Waals surface area contributed by atoms with Gasteiger partial charge in [0.05, 0.1) is 12.1 Å². The fraction of sp³-hybridized carbons (Fsp3) is 0.450. The molecule has 138 valence electrons. The van der Waals surface area contributed by atoms with Gasteiger partial charge in [-0.05, 0) is 23.8 Å². The largest absolute Gasteiger partial charge is 0.497 e. The average molecular weight is 375 g/mol. The third-order valence-corrected chi connectivity index (χ3v) is 5.90. The summed E-state index contributed by atoms with van der Waals surface area (Å²) >= 11 is 6.25. The van der Waals surface area contributed by atoms with Gasteiger partial charge < -0.3 is 19.1 Å². The number of benzene rings is 1. The highest BCUT2D eigenvalue weighted by Gasteiger charge is 2.61. The van der Waals surface area contributed by atoms with Gasteiger partial charge in [0.15, 0.2) is 5.79 Å². The van der Waals surface area contributed by atoms with Crippen molar-refractivity contribution in [3.05, 3.63) is 52.7 Å². The van der Waals surface area contributed by atoms with E-state index in [1.807, 2.05) is 18.2 Å². The first-order valence-electron chi connectivity index (χ1n) is 8.67. The molecule has 2 aromatic rings. The molecule has 4 rings (SSSR count). The van der Waals surface area contributed by atoms with Crippen molar-refractivity contribution in [2.75, 3.05) is 32.8 Å². The fourth-order valence-electron chi connectivity index (χ4n) is 4.34. The summed E-state index contributed by atoms with van der Waals surface area (Å²) in [5, 5.41) is 0.668. The Hall–Kier alpha value is -1.82. The summed E-state index contributed by atoms with van der Waals surface area (Å²) in [6, 6.07) is 10.2. The average Bonchev–Trinajstić information content (AvgIpc) is 2.94. The zero-order valence-electron chi connectivity index (χ0n) is 15.3. The van der Waals surface area contributed by atoms with E-state index < -0.39 is 5.79 Å². The smallest absolute Gasteiger partial charge is 0.169 e. The summed E-state index contributed by atoms with van der Waals surface area (Å²) in [4.78, 5) is 6.96. The van der Waals surface area contributed by atoms with Crippen LogP contribution in [-0.2, 0) is 21.4 Å². The summed E-state index contributed by atoms with van der Waals surface area (Å²) in [5.41, 5.74) is 2.39. The SMILES string of the molecule is COc1ccc(CN2CC3(CC(OC)(OC)C3)c3cc(Cl)cnc32)cc1. The second-order valence-electron chi connectivity index (χ2n) is 7.18. The van der Waals surface area contributed by atoms with Gasteiger partial charge in [-0.2, -0.15) is 0 Å². The Morgan fingerprint density at radius 3 is 2.42 bits per heavy atom. The number of anilines is 1. The molecular formula is C20H23ClN2O3. The normalized spacial score (nSPS) is 19.3. The molecule has 1 aromatic carbocycles. The highest BCUT2D eigenvalue weighted by Crippen LogP contribution is 2.58. The molecule has 1 aliphatic carbocycles. The minimum absolute atomic E-state index is 0.0221. The zero-order valence-corrected chi connectivity index (χ0v) is 16.0. The van der Waals surface area contributed by atoms with E-state index in [-0.39, 0.29) is 5.41 Å². The van der Waals surface area contributed by atoms with Crippen LogP contribution >= 0.6 is 11.6 Å². The maximum atomic E-state index is 6.25. The first-order chi connectivity index (χ1) is 12.5. The number of rotatable bonds is 5. The molecule has 0 N–H and O–H groups in total. The summed E-state index contributed by atoms with van der Waals surface area (Å²) in [7, 11) is 5.09. The van der Waals surface area contributed by atoms with E-state index in [9.17, 15) is 0 Å². The van der Waals surface area contributed by atoms with Crippen LogP contribution < -0.4 is 9.64 Å². The van der Waals surface area contributed by atoms with Crippen LogP contribution in [0.3, 0.4) is 0 Å². The van der Waals surface area contributed by atoms with Gasteiger partial charge in [0, 0.05) is 57.3 Å². The third-order valence-electron chi connectivity index (χ3n) is 5.69. The molecule has 0 atom stereocenters. The molecule has 26 heavy (non-hydrogen) atoms. The third kappa shape index (κ3) is 2.75. The number of aromatic nitrogens is 1. The van der Waals surface area contributed by atoms with Crippen molar-refractivity contribution < 1.29 is 14.2 Å². The topological polar surface area (TPSA) is 43.8 Å². The highest BCUT2D eigenvalue weighted by atomic mass is 35.5. The van der Waals surface area contributed by atoms with Gasteiger partial charge in [-0.15, -0.1) is 0 Å². The molecular weight excluding hydrogens is 352 g/mol. The van der Waals surface area contributed by atoms with Crippen LogP contribution in [0.25, 0.3) is 0 Å². The van der Waals surface area contributed by atoms with Crippen molar-refractivity contribution in [2.45, 2.75) is 30.6 Å². The van der Waals surface area contributed by atoms with Gasteiger partial charge in [-0.3, -0.25) is 0 Å². The van der Waals surface area contributed by atoms with Crippen LogP contribution in [0.15, 0.2) is 36.5 Å². The van der Waals surface area contributed by atoms with Gasteiger partial charge in [-0.25, -0.2) is 4.98 Å². The monoisotopic (exact) mass is 374 g/mol. The minimum atomic E-state index is -0.504. The first-order valence-corrected chi connectivity index (χ1v) is 9.05. The van der Waals surface area contributed by atoms with Gasteiger partial charge in [-0.1, -0.05) is 23.7 Å². The second kappa shape index (κ2) is 6.41. The Morgan fingerprint density at radius 2 is 1.81 bits per heavy atom. The molecule has 1 spiro atoms. The van der Waals surface area contributed by atoms with Crippen molar-refractivity contribution in [1.82, 2.24) is 4.98 Å². The van der Waals surface area contributed by atoms with E-state index in [4.69, 9.17) is 25.8 Å². The fourth-order valence-corrected chi connectivity index (χ4v) is 4.49. The Bertz CT molecular complexity index is 797. The summed E-state index contributed by atoms with van der Waals surface area (Å²) in [5.74, 6) is 1.36. The summed E-state index contributed by atoms with van der Waals surface area (Å²) in [6.45, 7) is 1.68. The molecule has 0 bridgehead atoms. The summed E-state index contributed by atoms with van der Waals surface area (Å²) < 4.78 is 16.5. The van der Waals surface area contributed by atoms with Crippen molar-refractivity contribution >= 4 is 17.4 Å². The number of hydrogen-bond acceptors (Lipinski definition) is 5. The maximum absolute atomic E-state index is 6.25. The number of ether oxygens (including phenoxy) is 3. The molecule has 1 fully saturated rings. The van der Waals surface area contributed by atoms with Crippen LogP contribution in [0.1, 0.15) is 24.0 Å². The van der Waals surface area contributed by atoms with E-state index in [1.165, 1.54) is 11.1 Å². The standard InChI is InChI=1S/C20H23ClN2O3/c1-24-16-6-4-14(5-7-16)10-23-13-19(11-20(12-19,25-2)26-3)17-8-15(21)9-22-18(17)23/h4-9H,10-13H2,1-3H3. The molecule has 1 aliphatic heterocycles. The van der Waals surface area contributed by atoms with Crippen LogP contribution in [0, 0.1) is 0 Å². The van der Waals surface area contributed by atoms with Gasteiger partial charge in [0.25, 0.3) is 0 Å². The number of methoxy groups -OCH3 is 3. The Labute approximate surface area is 158 Å². The molecule has 0 amide bonds. The van der Waals surface area contributed by atoms with Crippen molar-refractivity contribution in [3.63, 3.8) is 0 Å². The Kier molecular flexibility index (Phi) is 4.34. The lowest BCUT2D eigenvalue weighted by Gasteiger charge is -2.52. The molecule has 0 unspecified atom stereocenters. The Balaban J connectivity index is 1.62. The highest BCUT2D eigenvalue weighted by molar-refractivity contribution is 6.30. The minimum Gasteiger partial charge on any atom is -0.497 e. The molecule has 1 aromatic heterocycles. The molecule has 0 saturated heterocycles. The van der Waals surface area contributed by atoms with Crippen molar-refractivity contribution in [2.24, 2.45) is 0 Å². The van der Waals surface area contributed by atoms with Crippen molar-refractivity contribution in [3.8, 4) is 5.75 Å². The molecule has 6 heteroatoms. The number of halogens is 1. The lowest BCUT2D eigenvalue weighted by atomic mass is 9.62. The van der Waals surface area contributed by atoms with Gasteiger partial charge in [0.1, 0.15) is 11.6 Å². The molecule has 2 heterocycles. The number of nitrogens with zero attached hydrogens (tertiary/aromatic N) is 2. The molecule has 2 aliphatic rings. The van der Waals surface area contributed by atoms with Gasteiger partial charge in [0.2, 0.25) is 0 Å². The van der Waals surface area contributed by atoms with Crippen molar-refractivity contribution in [1.29, 1.82) is 0 Å². The molecule has 5 nitrogen and oxygen atoms in total. The van der Waals surface area contributed by atoms with Crippen LogP contribution in [0.4, 0.5) is 5.82 Å². The number of hydrogen-bond donors (Lipinski definition) is 0. The molecule has 0 radical (unpaired) electrons. The summed E-state index contributed by atoms with van der Waals surface area (Å²) in [6.07, 6.45) is 3.33. The van der Waals surface area contributed by atoms with Crippen LogP contribution in [0.2, 0.25) is 5.02 Å². The quantitative estimate of drug-likeness (QED) is 0.745. The first kappa shape index (κ1) is 17.6. The molecule has 1 saturated carbocycles. The van der Waals surface area contributed by atoms with Crippen LogP contribution in [-0.4, -0.2) is 38.6 Å².